The van der Waals surface area contributed by atoms with Gasteiger partial charge in [-0.25, -0.2) is 4.98 Å². The monoisotopic (exact) mass is 308 g/mol. The van der Waals surface area contributed by atoms with E-state index in [1.54, 1.807) is 11.3 Å². The summed E-state index contributed by atoms with van der Waals surface area (Å²) in [6.07, 6.45) is 4.78. The molecule has 1 aliphatic rings. The number of aromatic nitrogens is 2. The van der Waals surface area contributed by atoms with Gasteiger partial charge in [0.2, 0.25) is 0 Å². The molecule has 2 aromatic heterocycles. The predicted octanol–water partition coefficient (Wildman–Crippen LogP) is 2.25. The van der Waals surface area contributed by atoms with E-state index in [1.807, 2.05) is 6.92 Å². The van der Waals surface area contributed by atoms with Gasteiger partial charge in [0, 0.05) is 31.2 Å². The van der Waals surface area contributed by atoms with Crippen LogP contribution in [0.1, 0.15) is 38.8 Å². The van der Waals surface area contributed by atoms with Crippen molar-refractivity contribution in [3.63, 3.8) is 0 Å². The average molecular weight is 308 g/mol. The SMILES string of the molecule is CCNCc1c(N2CCCC(C)(O)CC2)nc2sccn12. The van der Waals surface area contributed by atoms with Crippen LogP contribution in [-0.4, -0.2) is 39.7 Å². The topological polar surface area (TPSA) is 52.8 Å². The van der Waals surface area contributed by atoms with Crippen LogP contribution in [0.25, 0.3) is 4.96 Å². The summed E-state index contributed by atoms with van der Waals surface area (Å²) in [7, 11) is 0. The molecule has 0 radical (unpaired) electrons. The van der Waals surface area contributed by atoms with Crippen LogP contribution in [0.5, 0.6) is 0 Å². The molecular formula is C15H24N4OS. The number of anilines is 1. The molecule has 1 saturated heterocycles. The number of thiazole rings is 1. The van der Waals surface area contributed by atoms with Gasteiger partial charge in [-0.1, -0.05) is 6.92 Å². The second-order valence-electron chi connectivity index (χ2n) is 6.06. The third-order valence-electron chi connectivity index (χ3n) is 4.25. The van der Waals surface area contributed by atoms with E-state index in [4.69, 9.17) is 4.98 Å². The number of nitrogens with zero attached hydrogens (tertiary/aromatic N) is 3. The Kier molecular flexibility index (Phi) is 4.19. The lowest BCUT2D eigenvalue weighted by Gasteiger charge is -2.23. The highest BCUT2D eigenvalue weighted by Crippen LogP contribution is 2.29. The Morgan fingerprint density at radius 2 is 2.29 bits per heavy atom. The molecular weight excluding hydrogens is 284 g/mol. The lowest BCUT2D eigenvalue weighted by Crippen LogP contribution is -2.29. The molecule has 1 fully saturated rings. The van der Waals surface area contributed by atoms with Gasteiger partial charge in [-0.15, -0.1) is 11.3 Å². The molecule has 21 heavy (non-hydrogen) atoms. The van der Waals surface area contributed by atoms with Crippen LogP contribution in [0.2, 0.25) is 0 Å². The largest absolute Gasteiger partial charge is 0.390 e. The molecule has 5 nitrogen and oxygen atoms in total. The molecule has 0 aliphatic carbocycles. The molecule has 0 spiro atoms. The average Bonchev–Trinajstić information content (AvgIpc) is 2.96. The van der Waals surface area contributed by atoms with E-state index < -0.39 is 5.60 Å². The Morgan fingerprint density at radius 3 is 3.10 bits per heavy atom. The molecule has 1 unspecified atom stereocenters. The van der Waals surface area contributed by atoms with Crippen LogP contribution in [0.3, 0.4) is 0 Å². The fraction of sp³-hybridized carbons (Fsp3) is 0.667. The maximum Gasteiger partial charge on any atom is 0.195 e. The van der Waals surface area contributed by atoms with Crippen molar-refractivity contribution >= 4 is 22.1 Å². The fourth-order valence-electron chi connectivity index (χ4n) is 2.96. The van der Waals surface area contributed by atoms with Crippen molar-refractivity contribution in [3.8, 4) is 0 Å². The number of fused-ring (bicyclic) bond motifs is 1. The minimum Gasteiger partial charge on any atom is -0.390 e. The zero-order chi connectivity index (χ0) is 14.9. The van der Waals surface area contributed by atoms with Gasteiger partial charge in [0.05, 0.1) is 11.3 Å². The Bertz CT molecular complexity index is 604. The molecule has 3 heterocycles. The second kappa shape index (κ2) is 5.94. The molecule has 0 amide bonds. The number of nitrogens with one attached hydrogen (secondary N) is 1. The Morgan fingerprint density at radius 1 is 1.43 bits per heavy atom. The summed E-state index contributed by atoms with van der Waals surface area (Å²) in [5.74, 6) is 1.08. The van der Waals surface area contributed by atoms with Crippen LogP contribution < -0.4 is 10.2 Å². The molecule has 116 valence electrons. The summed E-state index contributed by atoms with van der Waals surface area (Å²) in [5, 5.41) is 15.8. The number of hydrogen-bond acceptors (Lipinski definition) is 5. The molecule has 6 heteroatoms. The van der Waals surface area contributed by atoms with Gasteiger partial charge in [-0.3, -0.25) is 4.40 Å². The van der Waals surface area contributed by atoms with Gasteiger partial charge in [0.25, 0.3) is 0 Å². The quantitative estimate of drug-likeness (QED) is 0.909. The zero-order valence-electron chi connectivity index (χ0n) is 12.8. The molecule has 2 aromatic rings. The highest BCUT2D eigenvalue weighted by Gasteiger charge is 2.27. The third kappa shape index (κ3) is 3.07. The standard InChI is InChI=1S/C15H24N4OS/c1-3-16-11-12-13(17-14-19(12)9-10-21-14)18-7-4-5-15(2,20)6-8-18/h9-10,16,20H,3-8,11H2,1-2H3. The first-order valence-electron chi connectivity index (χ1n) is 7.73. The Labute approximate surface area is 129 Å². The minimum atomic E-state index is -0.534. The van der Waals surface area contributed by atoms with Crippen molar-refractivity contribution < 1.29 is 5.11 Å². The minimum absolute atomic E-state index is 0.534. The first-order chi connectivity index (χ1) is 10.1. The molecule has 0 bridgehead atoms. The maximum atomic E-state index is 10.3. The van der Waals surface area contributed by atoms with Gasteiger partial charge in [-0.2, -0.15) is 0 Å². The van der Waals surface area contributed by atoms with Crippen LogP contribution in [0, 0.1) is 0 Å². The van der Waals surface area contributed by atoms with Gasteiger partial charge in [0.1, 0.15) is 0 Å². The number of rotatable bonds is 4. The summed E-state index contributed by atoms with van der Waals surface area (Å²) in [6, 6.07) is 0. The molecule has 1 aliphatic heterocycles. The normalized spacial score (nSPS) is 23.7. The molecule has 2 N–H and O–H groups in total. The van der Waals surface area contributed by atoms with E-state index in [-0.39, 0.29) is 0 Å². The highest BCUT2D eigenvalue weighted by atomic mass is 32.1. The van der Waals surface area contributed by atoms with Gasteiger partial charge >= 0.3 is 0 Å². The van der Waals surface area contributed by atoms with Crippen LogP contribution in [-0.2, 0) is 6.54 Å². The lowest BCUT2D eigenvalue weighted by atomic mass is 9.98. The summed E-state index contributed by atoms with van der Waals surface area (Å²) >= 11 is 1.67. The van der Waals surface area contributed by atoms with Crippen molar-refractivity contribution in [2.75, 3.05) is 24.5 Å². The Balaban J connectivity index is 1.89. The summed E-state index contributed by atoms with van der Waals surface area (Å²) in [4.78, 5) is 8.22. The lowest BCUT2D eigenvalue weighted by molar-refractivity contribution is 0.0481. The molecule has 0 saturated carbocycles. The fourth-order valence-corrected chi connectivity index (χ4v) is 3.69. The van der Waals surface area contributed by atoms with E-state index in [1.165, 1.54) is 5.69 Å². The smallest absolute Gasteiger partial charge is 0.195 e. The third-order valence-corrected chi connectivity index (χ3v) is 5.00. The van der Waals surface area contributed by atoms with E-state index >= 15 is 0 Å². The maximum absolute atomic E-state index is 10.3. The van der Waals surface area contributed by atoms with Crippen molar-refractivity contribution in [2.24, 2.45) is 0 Å². The first kappa shape index (κ1) is 14.8. The van der Waals surface area contributed by atoms with Gasteiger partial charge in [0.15, 0.2) is 10.8 Å². The predicted molar refractivity (Wildman–Crippen MR) is 87.1 cm³/mol. The summed E-state index contributed by atoms with van der Waals surface area (Å²) in [5.41, 5.74) is 0.697. The van der Waals surface area contributed by atoms with Crippen molar-refractivity contribution in [2.45, 2.75) is 45.3 Å². The summed E-state index contributed by atoms with van der Waals surface area (Å²) < 4.78 is 2.19. The second-order valence-corrected chi connectivity index (χ2v) is 6.93. The van der Waals surface area contributed by atoms with Crippen molar-refractivity contribution in [3.05, 3.63) is 17.3 Å². The van der Waals surface area contributed by atoms with Gasteiger partial charge < -0.3 is 15.3 Å². The van der Waals surface area contributed by atoms with Crippen LogP contribution >= 0.6 is 11.3 Å². The van der Waals surface area contributed by atoms with E-state index in [9.17, 15) is 5.11 Å². The van der Waals surface area contributed by atoms with E-state index in [0.29, 0.717) is 0 Å². The van der Waals surface area contributed by atoms with E-state index in [2.05, 4.69) is 33.1 Å². The number of imidazole rings is 1. The van der Waals surface area contributed by atoms with Crippen LogP contribution in [0.4, 0.5) is 5.82 Å². The molecule has 3 rings (SSSR count). The van der Waals surface area contributed by atoms with Crippen LogP contribution in [0.15, 0.2) is 11.6 Å². The molecule has 0 aromatic carbocycles. The zero-order valence-corrected chi connectivity index (χ0v) is 13.6. The number of hydrogen-bond donors (Lipinski definition) is 2. The highest BCUT2D eigenvalue weighted by molar-refractivity contribution is 7.15. The van der Waals surface area contributed by atoms with Gasteiger partial charge in [-0.05, 0) is 32.7 Å². The molecule has 1 atom stereocenters. The van der Waals surface area contributed by atoms with Crippen molar-refractivity contribution in [1.29, 1.82) is 0 Å². The van der Waals surface area contributed by atoms with E-state index in [0.717, 1.165) is 56.2 Å². The Hall–Kier alpha value is -1.11. The summed E-state index contributed by atoms with van der Waals surface area (Å²) in [6.45, 7) is 7.69. The first-order valence-corrected chi connectivity index (χ1v) is 8.61. The number of aliphatic hydroxyl groups is 1. The van der Waals surface area contributed by atoms with Crippen molar-refractivity contribution in [1.82, 2.24) is 14.7 Å².